The smallest absolute Gasteiger partial charge is 0.405 e. The van der Waals surface area contributed by atoms with Gasteiger partial charge in [0.15, 0.2) is 0 Å². The van der Waals surface area contributed by atoms with Crippen LogP contribution in [-0.4, -0.2) is 6.36 Å². The average molecular weight is 284 g/mol. The Labute approximate surface area is 111 Å². The molecule has 1 aromatic rings. The standard InChI is InChI=1S/C12H16F3NO.ClH/c1-11(2,3)10(16)8-6-4-5-7-9(8)17-12(13,14)15;/h4-7,10H,16H2,1-3H3;1H/t10-;/m0./s1. The predicted octanol–water partition coefficient (Wildman–Crippen LogP) is 4.05. The maximum Gasteiger partial charge on any atom is 0.573 e. The lowest BCUT2D eigenvalue weighted by Gasteiger charge is -2.28. The van der Waals surface area contributed by atoms with Crippen molar-refractivity contribution in [3.63, 3.8) is 0 Å². The highest BCUT2D eigenvalue weighted by Crippen LogP contribution is 2.37. The third-order valence-electron chi connectivity index (χ3n) is 2.41. The lowest BCUT2D eigenvalue weighted by atomic mass is 9.83. The fourth-order valence-corrected chi connectivity index (χ4v) is 1.42. The van der Waals surface area contributed by atoms with E-state index in [1.165, 1.54) is 12.1 Å². The van der Waals surface area contributed by atoms with Crippen LogP contribution in [0.15, 0.2) is 24.3 Å². The number of nitrogens with two attached hydrogens (primary N) is 1. The van der Waals surface area contributed by atoms with Crippen LogP contribution in [0.5, 0.6) is 5.75 Å². The monoisotopic (exact) mass is 283 g/mol. The highest BCUT2D eigenvalue weighted by atomic mass is 35.5. The Balaban J connectivity index is 0.00000289. The summed E-state index contributed by atoms with van der Waals surface area (Å²) in [5.41, 5.74) is 5.96. The van der Waals surface area contributed by atoms with Gasteiger partial charge < -0.3 is 10.5 Å². The van der Waals surface area contributed by atoms with E-state index in [0.717, 1.165) is 0 Å². The van der Waals surface area contributed by atoms with Crippen LogP contribution in [0.4, 0.5) is 13.2 Å². The van der Waals surface area contributed by atoms with E-state index in [9.17, 15) is 13.2 Å². The molecule has 104 valence electrons. The molecule has 1 atom stereocenters. The first-order valence-electron chi connectivity index (χ1n) is 5.21. The summed E-state index contributed by atoms with van der Waals surface area (Å²) in [5.74, 6) is -0.234. The van der Waals surface area contributed by atoms with E-state index >= 15 is 0 Å². The third kappa shape index (κ3) is 4.74. The van der Waals surface area contributed by atoms with E-state index in [-0.39, 0.29) is 23.6 Å². The first-order chi connectivity index (χ1) is 7.61. The zero-order valence-corrected chi connectivity index (χ0v) is 11.2. The van der Waals surface area contributed by atoms with E-state index in [1.807, 2.05) is 20.8 Å². The number of hydrogen-bond acceptors (Lipinski definition) is 2. The summed E-state index contributed by atoms with van der Waals surface area (Å²) in [6, 6.07) is 5.43. The van der Waals surface area contributed by atoms with Crippen molar-refractivity contribution in [2.45, 2.75) is 33.2 Å². The number of ether oxygens (including phenoxy) is 1. The maximum absolute atomic E-state index is 12.2. The molecule has 1 aromatic carbocycles. The normalized spacial score (nSPS) is 13.7. The summed E-state index contributed by atoms with van der Waals surface area (Å²) in [6.45, 7) is 5.59. The largest absolute Gasteiger partial charge is 0.573 e. The second kappa shape index (κ2) is 5.80. The molecular weight excluding hydrogens is 267 g/mol. The van der Waals surface area contributed by atoms with Gasteiger partial charge in [-0.3, -0.25) is 0 Å². The minimum Gasteiger partial charge on any atom is -0.405 e. The van der Waals surface area contributed by atoms with Gasteiger partial charge in [0.05, 0.1) is 0 Å². The molecule has 2 nitrogen and oxygen atoms in total. The fraction of sp³-hybridized carbons (Fsp3) is 0.500. The molecule has 0 bridgehead atoms. The van der Waals surface area contributed by atoms with Crippen LogP contribution in [0, 0.1) is 5.41 Å². The van der Waals surface area contributed by atoms with Crippen LogP contribution < -0.4 is 10.5 Å². The van der Waals surface area contributed by atoms with Crippen molar-refractivity contribution in [1.82, 2.24) is 0 Å². The zero-order chi connectivity index (χ0) is 13.3. The molecule has 0 aliphatic carbocycles. The van der Waals surface area contributed by atoms with Crippen molar-refractivity contribution >= 4 is 12.4 Å². The summed E-state index contributed by atoms with van der Waals surface area (Å²) in [4.78, 5) is 0. The topological polar surface area (TPSA) is 35.2 Å². The average Bonchev–Trinajstić information content (AvgIpc) is 2.13. The second-order valence-corrected chi connectivity index (χ2v) is 4.93. The lowest BCUT2D eigenvalue weighted by molar-refractivity contribution is -0.275. The maximum atomic E-state index is 12.2. The summed E-state index contributed by atoms with van der Waals surface area (Å²) >= 11 is 0. The molecule has 0 saturated heterocycles. The van der Waals surface area contributed by atoms with Crippen molar-refractivity contribution in [3.05, 3.63) is 29.8 Å². The van der Waals surface area contributed by atoms with Crippen LogP contribution in [0.3, 0.4) is 0 Å². The Morgan fingerprint density at radius 2 is 1.61 bits per heavy atom. The van der Waals surface area contributed by atoms with Crippen LogP contribution >= 0.6 is 12.4 Å². The molecule has 0 heterocycles. The molecule has 0 aromatic heterocycles. The molecule has 18 heavy (non-hydrogen) atoms. The highest BCUT2D eigenvalue weighted by molar-refractivity contribution is 5.85. The summed E-state index contributed by atoms with van der Waals surface area (Å²) in [6.07, 6.45) is -4.70. The summed E-state index contributed by atoms with van der Waals surface area (Å²) in [7, 11) is 0. The SMILES string of the molecule is CC(C)(C)[C@@H](N)c1ccccc1OC(F)(F)F.Cl. The van der Waals surface area contributed by atoms with Crippen molar-refractivity contribution in [2.24, 2.45) is 11.1 Å². The van der Waals surface area contributed by atoms with Gasteiger partial charge >= 0.3 is 6.36 Å². The van der Waals surface area contributed by atoms with Gasteiger partial charge in [-0.25, -0.2) is 0 Å². The first-order valence-corrected chi connectivity index (χ1v) is 5.21. The Hall–Kier alpha value is -0.940. The molecule has 1 rings (SSSR count). The third-order valence-corrected chi connectivity index (χ3v) is 2.41. The van der Waals surface area contributed by atoms with E-state index in [4.69, 9.17) is 5.73 Å². The van der Waals surface area contributed by atoms with Crippen LogP contribution in [-0.2, 0) is 0 Å². The van der Waals surface area contributed by atoms with Crippen molar-refractivity contribution in [1.29, 1.82) is 0 Å². The molecule has 0 unspecified atom stereocenters. The number of halogens is 4. The molecular formula is C12H17ClF3NO. The fourth-order valence-electron chi connectivity index (χ4n) is 1.42. The Kier molecular flexibility index (Phi) is 5.50. The Morgan fingerprint density at radius 1 is 1.11 bits per heavy atom. The quantitative estimate of drug-likeness (QED) is 0.888. The van der Waals surface area contributed by atoms with Gasteiger partial charge in [0, 0.05) is 11.6 Å². The van der Waals surface area contributed by atoms with Crippen LogP contribution in [0.25, 0.3) is 0 Å². The molecule has 0 amide bonds. The number of rotatable bonds is 2. The van der Waals surface area contributed by atoms with Crippen molar-refractivity contribution in [3.8, 4) is 5.75 Å². The minimum absolute atomic E-state index is 0. The second-order valence-electron chi connectivity index (χ2n) is 4.93. The predicted molar refractivity (Wildman–Crippen MR) is 66.8 cm³/mol. The molecule has 0 spiro atoms. The molecule has 0 fully saturated rings. The Bertz CT molecular complexity index is 388. The number of hydrogen-bond donors (Lipinski definition) is 1. The molecule has 0 saturated carbocycles. The lowest BCUT2D eigenvalue weighted by Crippen LogP contribution is -2.28. The number of para-hydroxylation sites is 1. The van der Waals surface area contributed by atoms with E-state index in [2.05, 4.69) is 4.74 Å². The van der Waals surface area contributed by atoms with Crippen LogP contribution in [0.2, 0.25) is 0 Å². The minimum atomic E-state index is -4.70. The van der Waals surface area contributed by atoms with Gasteiger partial charge in [0.2, 0.25) is 0 Å². The first kappa shape index (κ1) is 17.1. The van der Waals surface area contributed by atoms with Gasteiger partial charge in [0.1, 0.15) is 5.75 Å². The van der Waals surface area contributed by atoms with Gasteiger partial charge in [-0.1, -0.05) is 39.0 Å². The van der Waals surface area contributed by atoms with Gasteiger partial charge in [-0.15, -0.1) is 25.6 Å². The van der Waals surface area contributed by atoms with E-state index in [1.54, 1.807) is 12.1 Å². The zero-order valence-electron chi connectivity index (χ0n) is 10.4. The molecule has 2 N–H and O–H groups in total. The molecule has 0 radical (unpaired) electrons. The van der Waals surface area contributed by atoms with E-state index in [0.29, 0.717) is 5.56 Å². The summed E-state index contributed by atoms with van der Waals surface area (Å²) in [5, 5.41) is 0. The highest BCUT2D eigenvalue weighted by Gasteiger charge is 2.34. The molecule has 0 aliphatic rings. The van der Waals surface area contributed by atoms with E-state index < -0.39 is 12.4 Å². The van der Waals surface area contributed by atoms with Gasteiger partial charge in [-0.2, -0.15) is 0 Å². The van der Waals surface area contributed by atoms with Gasteiger partial charge in [0.25, 0.3) is 0 Å². The molecule has 0 aliphatic heterocycles. The van der Waals surface area contributed by atoms with Crippen molar-refractivity contribution < 1.29 is 17.9 Å². The summed E-state index contributed by atoms with van der Waals surface area (Å²) < 4.78 is 40.6. The number of alkyl halides is 3. The Morgan fingerprint density at radius 3 is 2.06 bits per heavy atom. The van der Waals surface area contributed by atoms with Crippen molar-refractivity contribution in [2.75, 3.05) is 0 Å². The van der Waals surface area contributed by atoms with Crippen LogP contribution in [0.1, 0.15) is 32.4 Å². The van der Waals surface area contributed by atoms with Gasteiger partial charge in [-0.05, 0) is 11.5 Å². The molecule has 6 heteroatoms. The number of benzene rings is 1.